The molecule has 2 aromatic rings. The third-order valence-electron chi connectivity index (χ3n) is 3.97. The van der Waals surface area contributed by atoms with E-state index in [-0.39, 0.29) is 11.5 Å². The van der Waals surface area contributed by atoms with Crippen molar-refractivity contribution in [2.45, 2.75) is 19.4 Å². The van der Waals surface area contributed by atoms with Crippen LogP contribution in [0, 0.1) is 0 Å². The highest BCUT2D eigenvalue weighted by Crippen LogP contribution is 2.33. The number of carbonyl (C=O) groups is 2. The van der Waals surface area contributed by atoms with Crippen LogP contribution in [0.3, 0.4) is 0 Å². The molecule has 0 bridgehead atoms. The number of rotatable bonds is 6. The van der Waals surface area contributed by atoms with Crippen molar-refractivity contribution >= 4 is 17.6 Å². The molecule has 1 N–H and O–H groups in total. The minimum atomic E-state index is -0.967. The van der Waals surface area contributed by atoms with E-state index < -0.39 is 12.1 Å². The number of carboxylic acid groups (broad SMARTS) is 1. The van der Waals surface area contributed by atoms with Gasteiger partial charge in [-0.2, -0.15) is 0 Å². The number of hydrogen-bond acceptors (Lipinski definition) is 4. The predicted octanol–water partition coefficient (Wildman–Crippen LogP) is 2.97. The minimum Gasteiger partial charge on any atom is -0.494 e. The SMILES string of the molecule is CC1Oc2ccccc2N(CCCOc2ccc(C(=O)O)cc2)C1=O. The Labute approximate surface area is 145 Å². The lowest BCUT2D eigenvalue weighted by Gasteiger charge is -2.32. The molecule has 1 aliphatic heterocycles. The van der Waals surface area contributed by atoms with Crippen LogP contribution >= 0.6 is 0 Å². The van der Waals surface area contributed by atoms with Crippen LogP contribution in [0.4, 0.5) is 5.69 Å². The van der Waals surface area contributed by atoms with Gasteiger partial charge in [-0.1, -0.05) is 12.1 Å². The Bertz CT molecular complexity index is 772. The molecule has 1 aliphatic rings. The molecule has 0 spiro atoms. The highest BCUT2D eigenvalue weighted by molar-refractivity contribution is 5.99. The van der Waals surface area contributed by atoms with E-state index in [1.807, 2.05) is 24.3 Å². The van der Waals surface area contributed by atoms with E-state index in [2.05, 4.69) is 0 Å². The number of hydrogen-bond donors (Lipinski definition) is 1. The van der Waals surface area contributed by atoms with Gasteiger partial charge in [-0.25, -0.2) is 4.79 Å². The first-order chi connectivity index (χ1) is 12.1. The lowest BCUT2D eigenvalue weighted by molar-refractivity contribution is -0.125. The Kier molecular flexibility index (Phi) is 4.88. The van der Waals surface area contributed by atoms with Gasteiger partial charge in [0, 0.05) is 6.54 Å². The fourth-order valence-corrected chi connectivity index (χ4v) is 2.70. The number of aromatic carboxylic acids is 1. The van der Waals surface area contributed by atoms with E-state index in [0.717, 1.165) is 5.69 Å². The molecule has 130 valence electrons. The van der Waals surface area contributed by atoms with Gasteiger partial charge < -0.3 is 19.5 Å². The second kappa shape index (κ2) is 7.25. The molecule has 6 nitrogen and oxygen atoms in total. The smallest absolute Gasteiger partial charge is 0.335 e. The number of carbonyl (C=O) groups excluding carboxylic acids is 1. The number of carboxylic acids is 1. The van der Waals surface area contributed by atoms with Crippen molar-refractivity contribution in [1.82, 2.24) is 0 Å². The van der Waals surface area contributed by atoms with Crippen LogP contribution in [0.1, 0.15) is 23.7 Å². The molecule has 0 radical (unpaired) electrons. The van der Waals surface area contributed by atoms with Gasteiger partial charge in [0.25, 0.3) is 5.91 Å². The van der Waals surface area contributed by atoms with Crippen LogP contribution in [0.15, 0.2) is 48.5 Å². The molecule has 1 amide bonds. The van der Waals surface area contributed by atoms with Crippen molar-refractivity contribution in [2.24, 2.45) is 0 Å². The topological polar surface area (TPSA) is 76.1 Å². The summed E-state index contributed by atoms with van der Waals surface area (Å²) < 4.78 is 11.2. The lowest BCUT2D eigenvalue weighted by Crippen LogP contribution is -2.45. The van der Waals surface area contributed by atoms with E-state index in [1.54, 1.807) is 24.0 Å². The van der Waals surface area contributed by atoms with Crippen molar-refractivity contribution in [3.8, 4) is 11.5 Å². The van der Waals surface area contributed by atoms with E-state index in [9.17, 15) is 9.59 Å². The Morgan fingerprint density at radius 2 is 1.92 bits per heavy atom. The summed E-state index contributed by atoms with van der Waals surface area (Å²) in [4.78, 5) is 24.9. The van der Waals surface area contributed by atoms with E-state index in [0.29, 0.717) is 31.1 Å². The highest BCUT2D eigenvalue weighted by atomic mass is 16.5. The molecular weight excluding hydrogens is 322 g/mol. The zero-order valence-corrected chi connectivity index (χ0v) is 13.8. The van der Waals surface area contributed by atoms with Crippen molar-refractivity contribution in [3.05, 3.63) is 54.1 Å². The third kappa shape index (κ3) is 3.74. The zero-order valence-electron chi connectivity index (χ0n) is 13.8. The summed E-state index contributed by atoms with van der Waals surface area (Å²) in [6.07, 6.45) is 0.146. The fourth-order valence-electron chi connectivity index (χ4n) is 2.70. The fraction of sp³-hybridized carbons (Fsp3) is 0.263. The second-order valence-corrected chi connectivity index (χ2v) is 5.75. The van der Waals surface area contributed by atoms with Crippen molar-refractivity contribution < 1.29 is 24.2 Å². The first-order valence-corrected chi connectivity index (χ1v) is 8.09. The number of para-hydroxylation sites is 2. The lowest BCUT2D eigenvalue weighted by atomic mass is 10.2. The molecule has 3 rings (SSSR count). The van der Waals surface area contributed by atoms with Crippen molar-refractivity contribution in [2.75, 3.05) is 18.1 Å². The van der Waals surface area contributed by atoms with Gasteiger partial charge >= 0.3 is 5.97 Å². The molecule has 1 heterocycles. The molecular formula is C19H19NO5. The molecule has 6 heteroatoms. The van der Waals surface area contributed by atoms with Gasteiger partial charge in [-0.05, 0) is 49.7 Å². The third-order valence-corrected chi connectivity index (χ3v) is 3.97. The summed E-state index contributed by atoms with van der Waals surface area (Å²) in [5.74, 6) is 0.279. The van der Waals surface area contributed by atoms with Gasteiger partial charge in [0.2, 0.25) is 0 Å². The molecule has 0 fully saturated rings. The Balaban J connectivity index is 1.56. The summed E-state index contributed by atoms with van der Waals surface area (Å²) >= 11 is 0. The maximum Gasteiger partial charge on any atom is 0.335 e. The number of fused-ring (bicyclic) bond motifs is 1. The summed E-state index contributed by atoms with van der Waals surface area (Å²) in [5.41, 5.74) is 0.994. The summed E-state index contributed by atoms with van der Waals surface area (Å²) in [5, 5.41) is 8.87. The largest absolute Gasteiger partial charge is 0.494 e. The molecule has 0 saturated heterocycles. The second-order valence-electron chi connectivity index (χ2n) is 5.75. The summed E-state index contributed by atoms with van der Waals surface area (Å²) in [6.45, 7) is 2.69. The van der Waals surface area contributed by atoms with Crippen LogP contribution in [0.5, 0.6) is 11.5 Å². The predicted molar refractivity (Wildman–Crippen MR) is 92.4 cm³/mol. The van der Waals surface area contributed by atoms with Gasteiger partial charge in [-0.3, -0.25) is 4.79 Å². The molecule has 0 aliphatic carbocycles. The monoisotopic (exact) mass is 341 g/mol. The first kappa shape index (κ1) is 16.8. The summed E-state index contributed by atoms with van der Waals surface area (Å²) in [7, 11) is 0. The van der Waals surface area contributed by atoms with E-state index >= 15 is 0 Å². The van der Waals surface area contributed by atoms with Crippen LogP contribution in [0.2, 0.25) is 0 Å². The zero-order chi connectivity index (χ0) is 17.8. The average molecular weight is 341 g/mol. The Morgan fingerprint density at radius 1 is 1.20 bits per heavy atom. The molecule has 0 saturated carbocycles. The normalized spacial score (nSPS) is 16.1. The van der Waals surface area contributed by atoms with E-state index in [4.69, 9.17) is 14.6 Å². The maximum absolute atomic E-state index is 12.4. The molecule has 25 heavy (non-hydrogen) atoms. The Hall–Kier alpha value is -3.02. The Morgan fingerprint density at radius 3 is 2.64 bits per heavy atom. The number of ether oxygens (including phenoxy) is 2. The van der Waals surface area contributed by atoms with Crippen molar-refractivity contribution in [1.29, 1.82) is 0 Å². The van der Waals surface area contributed by atoms with Gasteiger partial charge in [0.05, 0.1) is 17.9 Å². The number of nitrogens with zero attached hydrogens (tertiary/aromatic N) is 1. The van der Waals surface area contributed by atoms with Crippen LogP contribution in [0.25, 0.3) is 0 Å². The average Bonchev–Trinajstić information content (AvgIpc) is 2.62. The van der Waals surface area contributed by atoms with Crippen LogP contribution in [-0.4, -0.2) is 36.2 Å². The number of benzene rings is 2. The standard InChI is InChI=1S/C19H19NO5/c1-13-18(21)20(16-5-2-3-6-17(16)25-13)11-4-12-24-15-9-7-14(8-10-15)19(22)23/h2-3,5-10,13H,4,11-12H2,1H3,(H,22,23). The van der Waals surface area contributed by atoms with Gasteiger partial charge in [0.15, 0.2) is 6.10 Å². The summed E-state index contributed by atoms with van der Waals surface area (Å²) in [6, 6.07) is 13.7. The maximum atomic E-state index is 12.4. The van der Waals surface area contributed by atoms with Crippen LogP contribution in [-0.2, 0) is 4.79 Å². The number of amides is 1. The number of anilines is 1. The van der Waals surface area contributed by atoms with Crippen LogP contribution < -0.4 is 14.4 Å². The molecule has 1 atom stereocenters. The molecule has 1 unspecified atom stereocenters. The first-order valence-electron chi connectivity index (χ1n) is 8.09. The van der Waals surface area contributed by atoms with E-state index in [1.165, 1.54) is 12.1 Å². The van der Waals surface area contributed by atoms with Crippen molar-refractivity contribution in [3.63, 3.8) is 0 Å². The highest BCUT2D eigenvalue weighted by Gasteiger charge is 2.30. The van der Waals surface area contributed by atoms with Gasteiger partial charge in [0.1, 0.15) is 11.5 Å². The quantitative estimate of drug-likeness (QED) is 0.818. The minimum absolute atomic E-state index is 0.0653. The molecule has 0 aromatic heterocycles. The van der Waals surface area contributed by atoms with Gasteiger partial charge in [-0.15, -0.1) is 0 Å². The molecule has 2 aromatic carbocycles.